The third-order valence-electron chi connectivity index (χ3n) is 5.04. The Bertz CT molecular complexity index is 583. The maximum Gasteiger partial charge on any atom is 0.227 e. The Morgan fingerprint density at radius 3 is 2.68 bits per heavy atom. The smallest absolute Gasteiger partial charge is 0.227 e. The van der Waals surface area contributed by atoms with Crippen LogP contribution in [0.4, 0.5) is 0 Å². The van der Waals surface area contributed by atoms with Gasteiger partial charge in [-0.05, 0) is 49.7 Å². The molecule has 3 heteroatoms. The zero-order valence-electron chi connectivity index (χ0n) is 14.0. The molecule has 0 saturated heterocycles. The van der Waals surface area contributed by atoms with Crippen LogP contribution in [0.2, 0.25) is 0 Å². The number of carbonyl (C=O) groups is 1. The fourth-order valence-corrected chi connectivity index (χ4v) is 3.46. The van der Waals surface area contributed by atoms with E-state index in [1.54, 1.807) is 6.20 Å². The maximum absolute atomic E-state index is 13.1. The van der Waals surface area contributed by atoms with Gasteiger partial charge >= 0.3 is 0 Å². The number of allylic oxidation sites excluding steroid dienone is 2. The van der Waals surface area contributed by atoms with E-state index in [4.69, 9.17) is 0 Å². The third-order valence-corrected chi connectivity index (χ3v) is 5.04. The van der Waals surface area contributed by atoms with Crippen LogP contribution in [0.3, 0.4) is 0 Å². The minimum absolute atomic E-state index is 0.0937. The molecule has 0 aromatic carbocycles. The molecule has 2 aliphatic carbocycles. The molecule has 3 nitrogen and oxygen atoms in total. The molecule has 0 aliphatic heterocycles. The first-order chi connectivity index (χ1) is 10.4. The highest BCUT2D eigenvalue weighted by Gasteiger charge is 2.61. The molecule has 3 rings (SSSR count). The van der Waals surface area contributed by atoms with E-state index in [-0.39, 0.29) is 11.3 Å². The van der Waals surface area contributed by atoms with Crippen molar-refractivity contribution in [3.63, 3.8) is 0 Å². The van der Waals surface area contributed by atoms with Crippen molar-refractivity contribution in [3.8, 4) is 0 Å². The average Bonchev–Trinajstić information content (AvgIpc) is 3.35. The van der Waals surface area contributed by atoms with E-state index in [0.29, 0.717) is 24.4 Å². The minimum atomic E-state index is 0.0937. The molecule has 0 radical (unpaired) electrons. The molecule has 118 valence electrons. The Labute approximate surface area is 133 Å². The van der Waals surface area contributed by atoms with E-state index in [2.05, 4.69) is 49.7 Å². The van der Waals surface area contributed by atoms with Crippen molar-refractivity contribution in [2.45, 2.75) is 53.1 Å². The summed E-state index contributed by atoms with van der Waals surface area (Å²) in [5.41, 5.74) is 2.52. The molecular formula is C19H26N2O. The van der Waals surface area contributed by atoms with E-state index >= 15 is 0 Å². The summed E-state index contributed by atoms with van der Waals surface area (Å²) in [6.45, 7) is 9.36. The Hall–Kier alpha value is -1.64. The first-order valence-corrected chi connectivity index (χ1v) is 8.25. The summed E-state index contributed by atoms with van der Waals surface area (Å²) in [6, 6.07) is 4.44. The van der Waals surface area contributed by atoms with E-state index in [1.165, 1.54) is 5.57 Å². The van der Waals surface area contributed by atoms with Gasteiger partial charge in [0.2, 0.25) is 5.91 Å². The highest BCUT2D eigenvalue weighted by molar-refractivity contribution is 5.84. The van der Waals surface area contributed by atoms with Gasteiger partial charge in [0.15, 0.2) is 0 Å². The van der Waals surface area contributed by atoms with Crippen LogP contribution in [0.25, 0.3) is 0 Å². The summed E-state index contributed by atoms with van der Waals surface area (Å²) in [5, 5.41) is 0. The summed E-state index contributed by atoms with van der Waals surface area (Å²) in [7, 11) is 0. The summed E-state index contributed by atoms with van der Waals surface area (Å²) in [5.74, 6) is 0.860. The number of hydrogen-bond donors (Lipinski definition) is 0. The Morgan fingerprint density at radius 2 is 2.14 bits per heavy atom. The molecule has 2 aliphatic rings. The lowest BCUT2D eigenvalue weighted by molar-refractivity contribution is -0.134. The average molecular weight is 298 g/mol. The molecule has 2 fully saturated rings. The standard InChI is InChI=1S/C19H26N2O/c1-13(2)10-16-17(19(16,3)4)18(22)21(15-7-8-15)12-14-6-5-9-20-11-14/h5-6,9-11,15-17H,7-8,12H2,1-4H3/t16-,17+/m1/s1. The lowest BCUT2D eigenvalue weighted by Gasteiger charge is -2.23. The fourth-order valence-electron chi connectivity index (χ4n) is 3.46. The third kappa shape index (κ3) is 2.94. The van der Waals surface area contributed by atoms with Gasteiger partial charge in [0, 0.05) is 25.0 Å². The fraction of sp³-hybridized carbons (Fsp3) is 0.579. The van der Waals surface area contributed by atoms with Gasteiger partial charge in [-0.3, -0.25) is 9.78 Å². The number of aromatic nitrogens is 1. The summed E-state index contributed by atoms with van der Waals surface area (Å²) in [4.78, 5) is 19.3. The van der Waals surface area contributed by atoms with Crippen molar-refractivity contribution in [3.05, 3.63) is 41.7 Å². The largest absolute Gasteiger partial charge is 0.335 e. The molecule has 1 heterocycles. The summed E-state index contributed by atoms with van der Waals surface area (Å²) in [6.07, 6.45) is 8.21. The number of pyridine rings is 1. The molecule has 1 aromatic heterocycles. The number of rotatable bonds is 5. The van der Waals surface area contributed by atoms with Crippen LogP contribution in [0, 0.1) is 17.3 Å². The van der Waals surface area contributed by atoms with Gasteiger partial charge < -0.3 is 4.90 Å². The van der Waals surface area contributed by atoms with Crippen LogP contribution in [0.5, 0.6) is 0 Å². The van der Waals surface area contributed by atoms with E-state index < -0.39 is 0 Å². The molecular weight excluding hydrogens is 272 g/mol. The van der Waals surface area contributed by atoms with Gasteiger partial charge in [-0.1, -0.05) is 31.6 Å². The number of hydrogen-bond acceptors (Lipinski definition) is 2. The second-order valence-corrected chi connectivity index (χ2v) is 7.63. The van der Waals surface area contributed by atoms with Crippen molar-refractivity contribution in [1.82, 2.24) is 9.88 Å². The van der Waals surface area contributed by atoms with Crippen molar-refractivity contribution in [1.29, 1.82) is 0 Å². The van der Waals surface area contributed by atoms with Gasteiger partial charge in [0.25, 0.3) is 0 Å². The van der Waals surface area contributed by atoms with Gasteiger partial charge in [0.05, 0.1) is 5.92 Å². The highest BCUT2D eigenvalue weighted by Crippen LogP contribution is 2.60. The molecule has 1 aromatic rings. The van der Waals surface area contributed by atoms with Crippen LogP contribution < -0.4 is 0 Å². The van der Waals surface area contributed by atoms with Crippen LogP contribution in [-0.4, -0.2) is 21.8 Å². The molecule has 0 spiro atoms. The highest BCUT2D eigenvalue weighted by atomic mass is 16.2. The Kier molecular flexibility index (Phi) is 3.84. The number of nitrogens with zero attached hydrogens (tertiary/aromatic N) is 2. The SMILES string of the molecule is CC(C)=C[C@@H]1[C@@H](C(=O)N(Cc2cccnc2)C2CC2)C1(C)C. The number of carbonyl (C=O) groups excluding carboxylic acids is 1. The van der Waals surface area contributed by atoms with Crippen molar-refractivity contribution >= 4 is 5.91 Å². The number of amides is 1. The zero-order chi connectivity index (χ0) is 15.9. The van der Waals surface area contributed by atoms with Crippen LogP contribution in [0.15, 0.2) is 36.2 Å². The molecule has 22 heavy (non-hydrogen) atoms. The van der Waals surface area contributed by atoms with Gasteiger partial charge in [0.1, 0.15) is 0 Å². The predicted molar refractivity (Wildman–Crippen MR) is 88.0 cm³/mol. The first kappa shape index (κ1) is 15.3. The second-order valence-electron chi connectivity index (χ2n) is 7.63. The molecule has 0 N–H and O–H groups in total. The van der Waals surface area contributed by atoms with E-state index in [1.807, 2.05) is 12.3 Å². The van der Waals surface area contributed by atoms with Crippen molar-refractivity contribution < 1.29 is 4.79 Å². The molecule has 0 bridgehead atoms. The van der Waals surface area contributed by atoms with Gasteiger partial charge in [-0.15, -0.1) is 0 Å². The predicted octanol–water partition coefficient (Wildman–Crippen LogP) is 3.81. The summed E-state index contributed by atoms with van der Waals surface area (Å²) >= 11 is 0. The monoisotopic (exact) mass is 298 g/mol. The van der Waals surface area contributed by atoms with E-state index in [0.717, 1.165) is 18.4 Å². The topological polar surface area (TPSA) is 33.2 Å². The van der Waals surface area contributed by atoms with Crippen molar-refractivity contribution in [2.75, 3.05) is 0 Å². The second kappa shape index (κ2) is 5.53. The Morgan fingerprint density at radius 1 is 1.41 bits per heavy atom. The molecule has 2 saturated carbocycles. The lowest BCUT2D eigenvalue weighted by atomic mass is 10.1. The van der Waals surface area contributed by atoms with Crippen molar-refractivity contribution in [2.24, 2.45) is 17.3 Å². The first-order valence-electron chi connectivity index (χ1n) is 8.25. The van der Waals surface area contributed by atoms with Gasteiger partial charge in [-0.2, -0.15) is 0 Å². The molecule has 1 amide bonds. The lowest BCUT2D eigenvalue weighted by Crippen LogP contribution is -2.35. The molecule has 2 atom stereocenters. The van der Waals surface area contributed by atoms with Crippen LogP contribution in [0.1, 0.15) is 46.1 Å². The molecule has 0 unspecified atom stereocenters. The maximum atomic E-state index is 13.1. The summed E-state index contributed by atoms with van der Waals surface area (Å²) < 4.78 is 0. The van der Waals surface area contributed by atoms with Crippen LogP contribution in [-0.2, 0) is 11.3 Å². The minimum Gasteiger partial charge on any atom is -0.335 e. The zero-order valence-corrected chi connectivity index (χ0v) is 14.0. The Balaban J connectivity index is 1.75. The van der Waals surface area contributed by atoms with Crippen LogP contribution >= 0.6 is 0 Å². The van der Waals surface area contributed by atoms with E-state index in [9.17, 15) is 4.79 Å². The van der Waals surface area contributed by atoms with Gasteiger partial charge in [-0.25, -0.2) is 0 Å². The quantitative estimate of drug-likeness (QED) is 0.774. The normalized spacial score (nSPS) is 25.5.